The summed E-state index contributed by atoms with van der Waals surface area (Å²) in [5, 5.41) is 0. The van der Waals surface area contributed by atoms with Crippen LogP contribution in [0.15, 0.2) is 0 Å². The smallest absolute Gasteiger partial charge is 0.313 e. The van der Waals surface area contributed by atoms with Crippen LogP contribution in [0.5, 0.6) is 0 Å². The average molecular weight is 487 g/mol. The summed E-state index contributed by atoms with van der Waals surface area (Å²) in [5.74, 6) is -2.26. The van der Waals surface area contributed by atoms with Gasteiger partial charge in [0.1, 0.15) is 12.7 Å². The summed E-state index contributed by atoms with van der Waals surface area (Å²) in [6, 6.07) is 0. The van der Waals surface area contributed by atoms with E-state index >= 15 is 0 Å². The first kappa shape index (κ1) is 29.9. The molecule has 1 fully saturated rings. The van der Waals surface area contributed by atoms with Crippen LogP contribution in [0.4, 0.5) is 0 Å². The highest BCUT2D eigenvalue weighted by molar-refractivity contribution is 5.78. The molecule has 1 rings (SSSR count). The van der Waals surface area contributed by atoms with E-state index in [4.69, 9.17) is 23.7 Å². The van der Waals surface area contributed by atoms with Crippen molar-refractivity contribution in [1.29, 1.82) is 0 Å². The molecule has 1 aliphatic rings. The third-order valence-corrected chi connectivity index (χ3v) is 4.81. The molecule has 34 heavy (non-hydrogen) atoms. The Hall–Kier alpha value is -2.16. The first-order chi connectivity index (χ1) is 15.0. The van der Waals surface area contributed by atoms with Crippen LogP contribution < -0.4 is 0 Å². The predicted octanol–water partition coefficient (Wildman–Crippen LogP) is 3.81. The monoisotopic (exact) mass is 486 g/mol. The van der Waals surface area contributed by atoms with Gasteiger partial charge < -0.3 is 23.7 Å². The van der Waals surface area contributed by atoms with Crippen LogP contribution in [-0.4, -0.2) is 55.1 Å². The van der Waals surface area contributed by atoms with Gasteiger partial charge in [0.2, 0.25) is 12.4 Å². The van der Waals surface area contributed by atoms with E-state index in [0.29, 0.717) is 0 Å². The Morgan fingerprint density at radius 2 is 0.912 bits per heavy atom. The van der Waals surface area contributed by atoms with Gasteiger partial charge in [-0.25, -0.2) is 0 Å². The molecule has 9 nitrogen and oxygen atoms in total. The van der Waals surface area contributed by atoms with Gasteiger partial charge in [-0.1, -0.05) is 0 Å². The molecule has 0 aliphatic carbocycles. The summed E-state index contributed by atoms with van der Waals surface area (Å²) in [4.78, 5) is 50.4. The van der Waals surface area contributed by atoms with Crippen LogP contribution in [-0.2, 0) is 42.9 Å². The Labute approximate surface area is 203 Å². The molecule has 9 heteroatoms. The van der Waals surface area contributed by atoms with E-state index in [1.54, 1.807) is 83.1 Å². The molecule has 0 spiro atoms. The second-order valence-corrected chi connectivity index (χ2v) is 12.8. The zero-order chi connectivity index (χ0) is 26.9. The predicted molar refractivity (Wildman–Crippen MR) is 123 cm³/mol. The van der Waals surface area contributed by atoms with E-state index in [0.717, 1.165) is 0 Å². The van der Waals surface area contributed by atoms with Crippen molar-refractivity contribution < 1.29 is 42.9 Å². The van der Waals surface area contributed by atoms with Crippen molar-refractivity contribution in [3.05, 3.63) is 0 Å². The fourth-order valence-corrected chi connectivity index (χ4v) is 2.45. The second kappa shape index (κ2) is 10.2. The SMILES string of the molecule is CC(C)(C)C(=O)OC[C@H]1OC(OC(=O)C(C)(C)C)[C@H](OC(=O)C(C)(C)C)[C@@H]1OC(=O)C(C)(C)C. The summed E-state index contributed by atoms with van der Waals surface area (Å²) in [6.07, 6.45) is -4.78. The maximum Gasteiger partial charge on any atom is 0.313 e. The number of hydrogen-bond acceptors (Lipinski definition) is 9. The van der Waals surface area contributed by atoms with Gasteiger partial charge in [-0.3, -0.25) is 19.2 Å². The van der Waals surface area contributed by atoms with Crippen LogP contribution >= 0.6 is 0 Å². The van der Waals surface area contributed by atoms with Gasteiger partial charge in [0.15, 0.2) is 6.10 Å². The molecule has 0 aromatic carbocycles. The summed E-state index contributed by atoms with van der Waals surface area (Å²) in [7, 11) is 0. The minimum absolute atomic E-state index is 0.286. The first-order valence-corrected chi connectivity index (χ1v) is 11.5. The Bertz CT molecular complexity index is 772. The van der Waals surface area contributed by atoms with Gasteiger partial charge in [0.05, 0.1) is 21.7 Å². The van der Waals surface area contributed by atoms with E-state index in [1.807, 2.05) is 0 Å². The van der Waals surface area contributed by atoms with Crippen LogP contribution in [0.2, 0.25) is 0 Å². The van der Waals surface area contributed by atoms with E-state index < -0.39 is 70.1 Å². The Morgan fingerprint density at radius 3 is 1.29 bits per heavy atom. The summed E-state index contributed by atoms with van der Waals surface area (Å²) in [6.45, 7) is 19.8. The average Bonchev–Trinajstić information content (AvgIpc) is 2.93. The Morgan fingerprint density at radius 1 is 0.559 bits per heavy atom. The zero-order valence-corrected chi connectivity index (χ0v) is 22.7. The van der Waals surface area contributed by atoms with Gasteiger partial charge in [-0.05, 0) is 83.1 Å². The first-order valence-electron chi connectivity index (χ1n) is 11.5. The highest BCUT2D eigenvalue weighted by atomic mass is 16.8. The maximum absolute atomic E-state index is 12.7. The lowest BCUT2D eigenvalue weighted by Gasteiger charge is -2.29. The van der Waals surface area contributed by atoms with Crippen LogP contribution in [0.25, 0.3) is 0 Å². The number of carbonyl (C=O) groups is 4. The third kappa shape index (κ3) is 8.25. The third-order valence-electron chi connectivity index (χ3n) is 4.81. The molecule has 4 atom stereocenters. The Kier molecular flexibility index (Phi) is 8.98. The highest BCUT2D eigenvalue weighted by Gasteiger charge is 2.54. The topological polar surface area (TPSA) is 114 Å². The van der Waals surface area contributed by atoms with E-state index in [-0.39, 0.29) is 6.61 Å². The van der Waals surface area contributed by atoms with Crippen molar-refractivity contribution in [2.75, 3.05) is 6.61 Å². The lowest BCUT2D eigenvalue weighted by atomic mass is 9.96. The molecule has 1 saturated heterocycles. The molecule has 0 radical (unpaired) electrons. The minimum atomic E-state index is -1.35. The van der Waals surface area contributed by atoms with Gasteiger partial charge >= 0.3 is 23.9 Å². The number of esters is 4. The summed E-state index contributed by atoms with van der Waals surface area (Å²) in [5.41, 5.74) is -3.39. The number of hydrogen-bond donors (Lipinski definition) is 0. The molecular weight excluding hydrogens is 444 g/mol. The quantitative estimate of drug-likeness (QED) is 0.423. The van der Waals surface area contributed by atoms with Gasteiger partial charge in [-0.2, -0.15) is 0 Å². The Balaban J connectivity index is 3.35. The molecule has 0 saturated carbocycles. The standard InChI is InChI=1S/C25H42O9/c1-22(2,3)18(26)30-13-14-15(32-19(27)23(4,5)6)16(33-20(28)24(7,8)9)17(31-14)34-21(29)25(10,11)12/h14-17H,13H2,1-12H3/t14-,15-,16-,17?/m1/s1. The molecular formula is C25H42O9. The molecule has 0 amide bonds. The van der Waals surface area contributed by atoms with Crippen LogP contribution in [0.3, 0.4) is 0 Å². The highest BCUT2D eigenvalue weighted by Crippen LogP contribution is 2.33. The fourth-order valence-electron chi connectivity index (χ4n) is 2.45. The fraction of sp³-hybridized carbons (Fsp3) is 0.840. The number of ether oxygens (including phenoxy) is 5. The van der Waals surface area contributed by atoms with Crippen molar-refractivity contribution in [2.24, 2.45) is 21.7 Å². The zero-order valence-electron chi connectivity index (χ0n) is 22.7. The van der Waals surface area contributed by atoms with Gasteiger partial charge in [-0.15, -0.1) is 0 Å². The molecule has 0 bridgehead atoms. The van der Waals surface area contributed by atoms with Gasteiger partial charge in [0.25, 0.3) is 0 Å². The van der Waals surface area contributed by atoms with Crippen LogP contribution in [0, 0.1) is 21.7 Å². The van der Waals surface area contributed by atoms with Crippen molar-refractivity contribution in [3.63, 3.8) is 0 Å². The van der Waals surface area contributed by atoms with E-state index in [2.05, 4.69) is 0 Å². The maximum atomic E-state index is 12.7. The molecule has 196 valence electrons. The van der Waals surface area contributed by atoms with Crippen molar-refractivity contribution in [1.82, 2.24) is 0 Å². The van der Waals surface area contributed by atoms with E-state index in [9.17, 15) is 19.2 Å². The van der Waals surface area contributed by atoms with E-state index in [1.165, 1.54) is 0 Å². The summed E-state index contributed by atoms with van der Waals surface area (Å²) >= 11 is 0. The van der Waals surface area contributed by atoms with Crippen LogP contribution in [0.1, 0.15) is 83.1 Å². The van der Waals surface area contributed by atoms with Crippen molar-refractivity contribution in [2.45, 2.75) is 108 Å². The molecule has 1 unspecified atom stereocenters. The summed E-state index contributed by atoms with van der Waals surface area (Å²) < 4.78 is 28.2. The normalized spacial score (nSPS) is 23.8. The number of rotatable bonds is 5. The molecule has 1 heterocycles. The molecule has 0 aromatic rings. The minimum Gasteiger partial charge on any atom is -0.462 e. The number of carbonyl (C=O) groups excluding carboxylic acids is 4. The molecule has 0 aromatic heterocycles. The van der Waals surface area contributed by atoms with Gasteiger partial charge in [0, 0.05) is 0 Å². The van der Waals surface area contributed by atoms with Crippen molar-refractivity contribution in [3.8, 4) is 0 Å². The largest absolute Gasteiger partial charge is 0.462 e. The van der Waals surface area contributed by atoms with Crippen molar-refractivity contribution >= 4 is 23.9 Å². The second-order valence-electron chi connectivity index (χ2n) is 12.8. The lowest BCUT2D eigenvalue weighted by Crippen LogP contribution is -2.46. The lowest BCUT2D eigenvalue weighted by molar-refractivity contribution is -0.208. The molecule has 1 aliphatic heterocycles. The molecule has 0 N–H and O–H groups in total.